The van der Waals surface area contributed by atoms with Crippen LogP contribution in [0.25, 0.3) is 0 Å². The van der Waals surface area contributed by atoms with Crippen molar-refractivity contribution in [2.75, 3.05) is 12.0 Å². The Kier molecular flexibility index (Phi) is 6.86. The first-order valence-electron chi connectivity index (χ1n) is 12.2. The topological polar surface area (TPSA) is 88.7 Å². The number of fused-ring (bicyclic) bond motifs is 2. The van der Waals surface area contributed by atoms with Gasteiger partial charge in [0.05, 0.1) is 23.7 Å². The lowest BCUT2D eigenvalue weighted by atomic mass is 9.83. The number of carbonyl (C=O) groups is 2. The highest BCUT2D eigenvalue weighted by molar-refractivity contribution is 9.10. The van der Waals surface area contributed by atoms with Crippen molar-refractivity contribution in [3.8, 4) is 11.5 Å². The van der Waals surface area contributed by atoms with Gasteiger partial charge in [-0.1, -0.05) is 74.9 Å². The summed E-state index contributed by atoms with van der Waals surface area (Å²) in [5, 5.41) is -0.0268. The van der Waals surface area contributed by atoms with Crippen LogP contribution in [0.1, 0.15) is 27.5 Å². The largest absolute Gasteiger partial charge is 0.493 e. The van der Waals surface area contributed by atoms with E-state index in [1.165, 1.54) is 22.2 Å². The van der Waals surface area contributed by atoms with Crippen molar-refractivity contribution in [3.63, 3.8) is 0 Å². The number of imide groups is 1. The summed E-state index contributed by atoms with van der Waals surface area (Å²) in [6.07, 6.45) is 0. The van der Waals surface area contributed by atoms with E-state index in [2.05, 4.69) is 20.9 Å². The first kappa shape index (κ1) is 25.9. The van der Waals surface area contributed by atoms with Gasteiger partial charge in [0.2, 0.25) is 11.8 Å². The Bertz CT molecular complexity index is 1630. The standard InChI is InChI=1S/C29H23BrN2O5S2/c1-15-3-5-16(6-4-15)14-37-20-12-7-17(13-21(20)36-2)22-23-25(38-26-24(22)39-29(35)31-26)28(34)32(27(23)33)19-10-8-18(30)9-11-19/h3-13,22-23,25H,14H2,1-2H3,(H,31,35)/t22-,23?,25?/m1/s1. The van der Waals surface area contributed by atoms with E-state index in [0.29, 0.717) is 28.8 Å². The fourth-order valence-electron chi connectivity index (χ4n) is 5.06. The van der Waals surface area contributed by atoms with Crippen molar-refractivity contribution in [1.29, 1.82) is 0 Å². The molecule has 0 bridgehead atoms. The molecule has 39 heavy (non-hydrogen) atoms. The number of thiazole rings is 1. The molecule has 0 radical (unpaired) electrons. The molecule has 1 fully saturated rings. The zero-order valence-electron chi connectivity index (χ0n) is 21.0. The lowest BCUT2D eigenvalue weighted by Crippen LogP contribution is -2.32. The number of methoxy groups -OCH3 is 1. The monoisotopic (exact) mass is 622 g/mol. The van der Waals surface area contributed by atoms with Crippen molar-refractivity contribution in [1.82, 2.24) is 4.98 Å². The van der Waals surface area contributed by atoms with Crippen LogP contribution in [0.3, 0.4) is 0 Å². The number of hydrogen-bond acceptors (Lipinski definition) is 7. The van der Waals surface area contributed by atoms with E-state index in [1.54, 1.807) is 31.4 Å². The molecule has 2 aliphatic rings. The van der Waals surface area contributed by atoms with Crippen molar-refractivity contribution in [3.05, 3.63) is 102 Å². The molecule has 1 aromatic heterocycles. The maximum Gasteiger partial charge on any atom is 0.305 e. The van der Waals surface area contributed by atoms with Gasteiger partial charge in [0.25, 0.3) is 0 Å². The zero-order valence-corrected chi connectivity index (χ0v) is 24.2. The minimum atomic E-state index is -0.672. The number of rotatable bonds is 6. The van der Waals surface area contributed by atoms with Gasteiger partial charge in [0.1, 0.15) is 11.9 Å². The highest BCUT2D eigenvalue weighted by Gasteiger charge is 2.56. The number of hydrogen-bond donors (Lipinski definition) is 1. The van der Waals surface area contributed by atoms with Gasteiger partial charge in [0, 0.05) is 15.3 Å². The number of carbonyl (C=O) groups excluding carboxylic acids is 2. The van der Waals surface area contributed by atoms with Gasteiger partial charge in [-0.25, -0.2) is 4.90 Å². The molecular formula is C29H23BrN2O5S2. The number of nitrogens with zero attached hydrogens (tertiary/aromatic N) is 1. The molecule has 3 heterocycles. The number of aromatic nitrogens is 1. The number of amides is 2. The van der Waals surface area contributed by atoms with Gasteiger partial charge in [-0.2, -0.15) is 0 Å². The number of benzene rings is 3. The second-order valence-corrected chi connectivity index (χ2v) is 12.5. The molecule has 198 valence electrons. The Hall–Kier alpha value is -3.34. The van der Waals surface area contributed by atoms with E-state index >= 15 is 0 Å². The minimum absolute atomic E-state index is 0.216. The second-order valence-electron chi connectivity index (χ2n) is 9.42. The second kappa shape index (κ2) is 10.3. The van der Waals surface area contributed by atoms with Gasteiger partial charge < -0.3 is 14.5 Å². The third-order valence-electron chi connectivity index (χ3n) is 6.97. The molecule has 10 heteroatoms. The van der Waals surface area contributed by atoms with Crippen molar-refractivity contribution < 1.29 is 19.1 Å². The fraction of sp³-hybridized carbons (Fsp3) is 0.207. The molecule has 7 nitrogen and oxygen atoms in total. The normalized spacial score (nSPS) is 20.1. The van der Waals surface area contributed by atoms with Gasteiger partial charge in [0.15, 0.2) is 11.5 Å². The number of aryl methyl sites for hydroxylation is 1. The van der Waals surface area contributed by atoms with Crippen LogP contribution in [0.2, 0.25) is 0 Å². The summed E-state index contributed by atoms with van der Waals surface area (Å²) in [6.45, 7) is 2.41. The number of anilines is 1. The molecule has 2 unspecified atom stereocenters. The summed E-state index contributed by atoms with van der Waals surface area (Å²) in [7, 11) is 1.57. The van der Waals surface area contributed by atoms with Crippen LogP contribution in [0, 0.1) is 12.8 Å². The molecule has 2 aliphatic heterocycles. The third-order valence-corrected chi connectivity index (χ3v) is 9.90. The molecule has 1 saturated heterocycles. The summed E-state index contributed by atoms with van der Waals surface area (Å²) in [4.78, 5) is 44.5. The van der Waals surface area contributed by atoms with Crippen LogP contribution < -0.4 is 19.2 Å². The number of halogens is 1. The van der Waals surface area contributed by atoms with E-state index in [4.69, 9.17) is 9.47 Å². The number of ether oxygens (including phenoxy) is 2. The van der Waals surface area contributed by atoms with Crippen LogP contribution in [0.4, 0.5) is 5.69 Å². The molecule has 3 atom stereocenters. The summed E-state index contributed by atoms with van der Waals surface area (Å²) >= 11 is 5.74. The molecular weight excluding hydrogens is 600 g/mol. The number of H-pyrrole nitrogens is 1. The lowest BCUT2D eigenvalue weighted by Gasteiger charge is -2.30. The SMILES string of the molecule is COc1cc([C@H]2c3sc(=O)[nH]c3SC3C(=O)N(c4ccc(Br)cc4)C(=O)C32)ccc1OCc1ccc(C)cc1. The Morgan fingerprint density at radius 1 is 0.949 bits per heavy atom. The van der Waals surface area contributed by atoms with Crippen molar-refractivity contribution in [2.45, 2.75) is 29.7 Å². The van der Waals surface area contributed by atoms with E-state index in [9.17, 15) is 14.4 Å². The lowest BCUT2D eigenvalue weighted by molar-refractivity contribution is -0.122. The third kappa shape index (κ3) is 4.70. The first-order valence-corrected chi connectivity index (χ1v) is 14.7. The van der Waals surface area contributed by atoms with Crippen LogP contribution in [-0.2, 0) is 16.2 Å². The quantitative estimate of drug-likeness (QED) is 0.270. The maximum absolute atomic E-state index is 13.9. The van der Waals surface area contributed by atoms with Crippen LogP contribution in [-0.4, -0.2) is 29.2 Å². The molecule has 1 N–H and O–H groups in total. The first-order chi connectivity index (χ1) is 18.8. The number of nitrogens with one attached hydrogen (secondary N) is 1. The summed E-state index contributed by atoms with van der Waals surface area (Å²) in [5.41, 5.74) is 3.51. The molecule has 4 aromatic rings. The Labute approximate surface area is 241 Å². The fourth-order valence-corrected chi connectivity index (χ4v) is 7.84. The van der Waals surface area contributed by atoms with Crippen LogP contribution >= 0.6 is 39.0 Å². The van der Waals surface area contributed by atoms with E-state index in [-0.39, 0.29) is 16.7 Å². The molecule has 0 saturated carbocycles. The predicted octanol–water partition coefficient (Wildman–Crippen LogP) is 5.89. The molecule has 6 rings (SSSR count). The summed E-state index contributed by atoms with van der Waals surface area (Å²) in [6, 6.07) is 20.8. The van der Waals surface area contributed by atoms with E-state index in [0.717, 1.165) is 31.8 Å². The molecule has 2 amide bonds. The Balaban J connectivity index is 1.37. The Morgan fingerprint density at radius 2 is 1.69 bits per heavy atom. The van der Waals surface area contributed by atoms with Crippen molar-refractivity contribution in [2.24, 2.45) is 5.92 Å². The summed E-state index contributed by atoms with van der Waals surface area (Å²) < 4.78 is 12.6. The average Bonchev–Trinajstić information content (AvgIpc) is 3.43. The van der Waals surface area contributed by atoms with Gasteiger partial charge in [-0.15, -0.1) is 0 Å². The van der Waals surface area contributed by atoms with Gasteiger partial charge in [-0.05, 0) is 54.4 Å². The highest BCUT2D eigenvalue weighted by Crippen LogP contribution is 2.53. The van der Waals surface area contributed by atoms with Crippen molar-refractivity contribution >= 4 is 56.5 Å². The minimum Gasteiger partial charge on any atom is -0.493 e. The molecule has 0 spiro atoms. The number of aromatic amines is 1. The molecule has 3 aromatic carbocycles. The van der Waals surface area contributed by atoms with Gasteiger partial charge >= 0.3 is 4.87 Å². The average molecular weight is 624 g/mol. The van der Waals surface area contributed by atoms with Crippen LogP contribution in [0.15, 0.2) is 81.0 Å². The predicted molar refractivity (Wildman–Crippen MR) is 155 cm³/mol. The number of thioether (sulfide) groups is 1. The summed E-state index contributed by atoms with van der Waals surface area (Å²) in [5.74, 6) is -0.655. The smallest absolute Gasteiger partial charge is 0.305 e. The Morgan fingerprint density at radius 3 is 2.41 bits per heavy atom. The van der Waals surface area contributed by atoms with Crippen LogP contribution in [0.5, 0.6) is 11.5 Å². The van der Waals surface area contributed by atoms with E-state index < -0.39 is 17.1 Å². The highest BCUT2D eigenvalue weighted by atomic mass is 79.9. The van der Waals surface area contributed by atoms with E-state index in [1.807, 2.05) is 49.4 Å². The maximum atomic E-state index is 13.9. The van der Waals surface area contributed by atoms with Gasteiger partial charge in [-0.3, -0.25) is 14.4 Å². The zero-order chi connectivity index (χ0) is 27.3. The molecule has 0 aliphatic carbocycles.